The highest BCUT2D eigenvalue weighted by molar-refractivity contribution is 7.88. The Morgan fingerprint density at radius 3 is 1.71 bits per heavy atom. The average molecular weight is 501 g/mol. The lowest BCUT2D eigenvalue weighted by molar-refractivity contribution is -0.0665. The molecule has 31 heavy (non-hydrogen) atoms. The molecule has 1 fully saturated rings. The molecule has 1 saturated heterocycles. The summed E-state index contributed by atoms with van der Waals surface area (Å²) in [4.78, 5) is 1.16. The molecule has 0 aromatic heterocycles. The molecule has 2 atom stereocenters. The molecule has 0 amide bonds. The van der Waals surface area contributed by atoms with Crippen molar-refractivity contribution in [3.63, 3.8) is 0 Å². The summed E-state index contributed by atoms with van der Waals surface area (Å²) in [6.07, 6.45) is -4.28. The first-order chi connectivity index (χ1) is 14.1. The van der Waals surface area contributed by atoms with Crippen LogP contribution in [0.3, 0.4) is 0 Å². The van der Waals surface area contributed by atoms with E-state index in [-0.39, 0.29) is 19.8 Å². The molecule has 1 heterocycles. The molecule has 2 rings (SSSR count). The minimum Gasteiger partial charge on any atom is -0.375 e. The van der Waals surface area contributed by atoms with Gasteiger partial charge in [0.15, 0.2) is 0 Å². The number of hydrogen-bond acceptors (Lipinski definition) is 8. The molecule has 0 saturated carbocycles. The molecule has 0 bridgehead atoms. The summed E-state index contributed by atoms with van der Waals surface area (Å²) in [6.45, 7) is -1.21. The van der Waals surface area contributed by atoms with E-state index in [1.165, 1.54) is 0 Å². The van der Waals surface area contributed by atoms with Gasteiger partial charge in [0, 0.05) is 19.6 Å². The van der Waals surface area contributed by atoms with Crippen LogP contribution in [0.15, 0.2) is 30.3 Å². The summed E-state index contributed by atoms with van der Waals surface area (Å²) in [5, 5.41) is 0. The van der Waals surface area contributed by atoms with Crippen molar-refractivity contribution in [1.29, 1.82) is 0 Å². The van der Waals surface area contributed by atoms with Gasteiger partial charge >= 0.3 is 31.3 Å². The van der Waals surface area contributed by atoms with Gasteiger partial charge in [-0.3, -0.25) is 13.3 Å². The molecule has 0 unspecified atom stereocenters. The summed E-state index contributed by atoms with van der Waals surface area (Å²) < 4.78 is 134. The van der Waals surface area contributed by atoms with Gasteiger partial charge in [-0.15, -0.1) is 0 Å². The third kappa shape index (κ3) is 7.01. The smallest absolute Gasteiger partial charge is 0.375 e. The van der Waals surface area contributed by atoms with E-state index in [0.29, 0.717) is 0 Å². The number of rotatable bonds is 9. The second-order valence-corrected chi connectivity index (χ2v) is 9.49. The molecular weight excluding hydrogens is 484 g/mol. The van der Waals surface area contributed by atoms with E-state index in [1.54, 1.807) is 30.3 Å². The average Bonchev–Trinajstić information content (AvgIpc) is 2.98. The van der Waals surface area contributed by atoms with Crippen LogP contribution in [-0.4, -0.2) is 71.2 Å². The van der Waals surface area contributed by atoms with Crippen molar-refractivity contribution in [3.05, 3.63) is 35.9 Å². The van der Waals surface area contributed by atoms with E-state index in [9.17, 15) is 43.2 Å². The Bertz CT molecular complexity index is 881. The summed E-state index contributed by atoms with van der Waals surface area (Å²) in [6, 6.07) is 8.80. The van der Waals surface area contributed by atoms with Gasteiger partial charge in [0.05, 0.1) is 13.2 Å². The highest BCUT2D eigenvalue weighted by atomic mass is 32.2. The monoisotopic (exact) mass is 501 g/mol. The Morgan fingerprint density at radius 1 is 0.839 bits per heavy atom. The van der Waals surface area contributed by atoms with Crippen LogP contribution in [0.25, 0.3) is 0 Å². The van der Waals surface area contributed by atoms with Crippen LogP contribution in [0.5, 0.6) is 0 Å². The molecule has 0 spiro atoms. The fraction of sp³-hybridized carbons (Fsp3) is 0.600. The number of ether oxygens (including phenoxy) is 1. The molecule has 1 aliphatic rings. The van der Waals surface area contributed by atoms with E-state index in [1.807, 2.05) is 0 Å². The predicted octanol–water partition coefficient (Wildman–Crippen LogP) is 1.99. The Kier molecular flexibility index (Phi) is 7.97. The van der Waals surface area contributed by atoms with Crippen molar-refractivity contribution in [2.24, 2.45) is 0 Å². The van der Waals surface area contributed by atoms with Crippen molar-refractivity contribution in [1.82, 2.24) is 4.90 Å². The predicted molar refractivity (Wildman–Crippen MR) is 92.2 cm³/mol. The summed E-state index contributed by atoms with van der Waals surface area (Å²) in [5.74, 6) is 0. The molecule has 0 N–H and O–H groups in total. The number of likely N-dealkylation sites (tertiary alicyclic amines) is 1. The van der Waals surface area contributed by atoms with Crippen LogP contribution in [0.4, 0.5) is 26.3 Å². The fourth-order valence-corrected chi connectivity index (χ4v) is 3.82. The molecule has 0 aliphatic carbocycles. The van der Waals surface area contributed by atoms with Gasteiger partial charge in [0.2, 0.25) is 0 Å². The van der Waals surface area contributed by atoms with E-state index >= 15 is 0 Å². The lowest BCUT2D eigenvalue weighted by Crippen LogP contribution is -2.40. The zero-order valence-electron chi connectivity index (χ0n) is 15.5. The second-order valence-electron chi connectivity index (χ2n) is 6.37. The molecular formula is C15H17F6NO7S2. The first kappa shape index (κ1) is 25.8. The minimum atomic E-state index is -6.20. The number of nitrogens with zero attached hydrogens (tertiary/aromatic N) is 1. The van der Waals surface area contributed by atoms with Gasteiger partial charge in [-0.25, -0.2) is 0 Å². The fourth-order valence-electron chi connectivity index (χ4n) is 2.58. The summed E-state index contributed by atoms with van der Waals surface area (Å²) in [7, 11) is -12.4. The van der Waals surface area contributed by atoms with Crippen LogP contribution < -0.4 is 0 Å². The van der Waals surface area contributed by atoms with E-state index in [0.717, 1.165) is 10.5 Å². The topological polar surface area (TPSA) is 99.2 Å². The molecule has 16 heteroatoms. The Morgan fingerprint density at radius 2 is 1.29 bits per heavy atom. The maximum absolute atomic E-state index is 12.6. The third-order valence-corrected chi connectivity index (χ3v) is 6.16. The first-order valence-electron chi connectivity index (χ1n) is 8.45. The maximum atomic E-state index is 12.6. The van der Waals surface area contributed by atoms with Gasteiger partial charge in [-0.05, 0) is 5.56 Å². The standard InChI is InChI=1S/C15H17F6NO7S2/c16-14(17,18)30(23,24)28-12-8-22(6-7-27-10-11-4-2-1-3-5-11)9-13(12)29-31(25,26)15(19,20)21/h1-5,12-13H,6-10H2/t12-,13-/m0/s1. The van der Waals surface area contributed by atoms with Gasteiger partial charge in [-0.1, -0.05) is 30.3 Å². The summed E-state index contributed by atoms with van der Waals surface area (Å²) in [5.41, 5.74) is -10.9. The number of benzene rings is 1. The maximum Gasteiger partial charge on any atom is 0.523 e. The third-order valence-electron chi connectivity index (χ3n) is 4.02. The molecule has 1 aliphatic heterocycles. The highest BCUT2D eigenvalue weighted by Gasteiger charge is 2.54. The van der Waals surface area contributed by atoms with Crippen molar-refractivity contribution >= 4 is 20.2 Å². The normalized spacial score (nSPS) is 21.5. The first-order valence-corrected chi connectivity index (χ1v) is 11.3. The second kappa shape index (κ2) is 9.58. The number of halogens is 6. The van der Waals surface area contributed by atoms with Crippen molar-refractivity contribution < 1.29 is 56.3 Å². The number of hydrogen-bond donors (Lipinski definition) is 0. The van der Waals surface area contributed by atoms with Crippen LogP contribution in [0, 0.1) is 0 Å². The Labute approximate surface area is 173 Å². The van der Waals surface area contributed by atoms with E-state index < -0.39 is 56.6 Å². The largest absolute Gasteiger partial charge is 0.523 e. The van der Waals surface area contributed by atoms with Crippen LogP contribution in [0.1, 0.15) is 5.56 Å². The molecule has 1 aromatic rings. The van der Waals surface area contributed by atoms with Gasteiger partial charge in [-0.2, -0.15) is 43.2 Å². The lowest BCUT2D eigenvalue weighted by atomic mass is 10.2. The molecule has 1 aromatic carbocycles. The lowest BCUT2D eigenvalue weighted by Gasteiger charge is -2.20. The van der Waals surface area contributed by atoms with Crippen LogP contribution in [0.2, 0.25) is 0 Å². The van der Waals surface area contributed by atoms with Gasteiger partial charge in [0.25, 0.3) is 0 Å². The Hall–Kier alpha value is -1.46. The van der Waals surface area contributed by atoms with Crippen LogP contribution in [-0.2, 0) is 39.9 Å². The van der Waals surface area contributed by atoms with E-state index in [2.05, 4.69) is 8.37 Å². The minimum absolute atomic E-state index is 0.0353. The van der Waals surface area contributed by atoms with Crippen molar-refractivity contribution in [3.8, 4) is 0 Å². The van der Waals surface area contributed by atoms with E-state index in [4.69, 9.17) is 4.74 Å². The van der Waals surface area contributed by atoms with Crippen molar-refractivity contribution in [2.75, 3.05) is 26.2 Å². The van der Waals surface area contributed by atoms with Gasteiger partial charge in [0.1, 0.15) is 12.2 Å². The quantitative estimate of drug-likeness (QED) is 0.219. The molecule has 0 radical (unpaired) electrons. The number of alkyl halides is 6. The van der Waals surface area contributed by atoms with Crippen molar-refractivity contribution in [2.45, 2.75) is 29.8 Å². The zero-order valence-corrected chi connectivity index (χ0v) is 17.1. The Balaban J connectivity index is 2.04. The highest BCUT2D eigenvalue weighted by Crippen LogP contribution is 2.32. The SMILES string of the molecule is O=S(=O)(O[C@H]1CN(CCOCc2ccccc2)C[C@@H]1OS(=O)(=O)C(F)(F)F)C(F)(F)F. The molecule has 178 valence electrons. The summed E-state index contributed by atoms with van der Waals surface area (Å²) >= 11 is 0. The van der Waals surface area contributed by atoms with Gasteiger partial charge < -0.3 is 4.74 Å². The molecule has 8 nitrogen and oxygen atoms in total. The van der Waals surface area contributed by atoms with Crippen LogP contribution >= 0.6 is 0 Å². The zero-order chi connectivity index (χ0) is 23.5.